The number of carboxylic acids is 1. The van der Waals surface area contributed by atoms with Gasteiger partial charge in [0.05, 0.1) is 21.9 Å². The summed E-state index contributed by atoms with van der Waals surface area (Å²) in [6, 6.07) is 1.11. The first-order valence-electron chi connectivity index (χ1n) is 11.6. The van der Waals surface area contributed by atoms with Gasteiger partial charge in [0.25, 0.3) is 0 Å². The molecule has 4 unspecified atom stereocenters. The van der Waals surface area contributed by atoms with Crippen molar-refractivity contribution >= 4 is 58.6 Å². The Labute approximate surface area is 217 Å². The Bertz CT molecular complexity index is 1060. The number of halogens is 3. The molecule has 1 saturated carbocycles. The molecule has 3 aliphatic rings. The summed E-state index contributed by atoms with van der Waals surface area (Å²) in [6.07, 6.45) is 4.42. The standard InChI is InChI=1S/C23H27Cl3N4O5/c24-11-9-13(17(26)14(25)10-11)18-15-16(20(32)30(19(15)31)12-5-2-1-3-6-12)23(29-18,21(33)34)7-4-8-28-22(27)35/h9-10,12,15-16,18,29H,1-8H2,(H,33,34)(H3,27,28,35). The van der Waals surface area contributed by atoms with E-state index in [9.17, 15) is 24.3 Å². The van der Waals surface area contributed by atoms with Gasteiger partial charge in [-0.15, -0.1) is 0 Å². The van der Waals surface area contributed by atoms with Gasteiger partial charge >= 0.3 is 12.0 Å². The summed E-state index contributed by atoms with van der Waals surface area (Å²) in [5.74, 6) is -4.30. The number of aliphatic carboxylic acids is 1. The highest BCUT2D eigenvalue weighted by atomic mass is 35.5. The van der Waals surface area contributed by atoms with E-state index >= 15 is 0 Å². The van der Waals surface area contributed by atoms with E-state index in [4.69, 9.17) is 40.5 Å². The minimum absolute atomic E-state index is 0.0241. The zero-order valence-electron chi connectivity index (χ0n) is 18.9. The van der Waals surface area contributed by atoms with Crippen LogP contribution in [0.4, 0.5) is 4.79 Å². The minimum atomic E-state index is -1.76. The number of benzene rings is 1. The van der Waals surface area contributed by atoms with Gasteiger partial charge in [0.1, 0.15) is 5.54 Å². The number of carboxylic acid groups (broad SMARTS) is 1. The Morgan fingerprint density at radius 2 is 1.83 bits per heavy atom. The molecule has 3 fully saturated rings. The van der Waals surface area contributed by atoms with E-state index in [0.717, 1.165) is 19.3 Å². The topological polar surface area (TPSA) is 142 Å². The molecule has 0 spiro atoms. The fourth-order valence-corrected chi connectivity index (χ4v) is 6.64. The van der Waals surface area contributed by atoms with Crippen LogP contribution in [0.15, 0.2) is 12.1 Å². The second kappa shape index (κ2) is 10.1. The molecule has 0 aromatic heterocycles. The van der Waals surface area contributed by atoms with Crippen molar-refractivity contribution in [1.82, 2.24) is 15.5 Å². The van der Waals surface area contributed by atoms with Crippen LogP contribution < -0.4 is 16.4 Å². The molecule has 1 aromatic carbocycles. The van der Waals surface area contributed by atoms with Gasteiger partial charge in [-0.25, -0.2) is 4.79 Å². The predicted octanol–water partition coefficient (Wildman–Crippen LogP) is 3.50. The molecule has 35 heavy (non-hydrogen) atoms. The largest absolute Gasteiger partial charge is 0.480 e. The van der Waals surface area contributed by atoms with Crippen LogP contribution in [0.2, 0.25) is 15.1 Å². The maximum atomic E-state index is 13.8. The van der Waals surface area contributed by atoms with Crippen molar-refractivity contribution in [3.63, 3.8) is 0 Å². The third-order valence-corrected chi connectivity index (χ3v) is 8.45. The highest BCUT2D eigenvalue weighted by Crippen LogP contribution is 2.53. The number of nitrogens with zero attached hydrogens (tertiary/aromatic N) is 1. The molecule has 190 valence electrons. The molecular weight excluding hydrogens is 519 g/mol. The lowest BCUT2D eigenvalue weighted by Gasteiger charge is -2.34. The molecule has 12 heteroatoms. The molecule has 0 bridgehead atoms. The second-order valence-corrected chi connectivity index (χ2v) is 10.6. The van der Waals surface area contributed by atoms with E-state index in [1.165, 1.54) is 17.0 Å². The fraction of sp³-hybridized carbons (Fsp3) is 0.565. The van der Waals surface area contributed by atoms with Crippen molar-refractivity contribution in [3.8, 4) is 0 Å². The number of hydrogen-bond acceptors (Lipinski definition) is 5. The highest BCUT2D eigenvalue weighted by Gasteiger charge is 2.69. The van der Waals surface area contributed by atoms with Crippen LogP contribution >= 0.6 is 34.8 Å². The lowest BCUT2D eigenvalue weighted by Crippen LogP contribution is -2.56. The smallest absolute Gasteiger partial charge is 0.324 e. The van der Waals surface area contributed by atoms with E-state index in [0.29, 0.717) is 18.4 Å². The molecule has 1 aromatic rings. The molecule has 0 radical (unpaired) electrons. The lowest BCUT2D eigenvalue weighted by molar-refractivity contribution is -0.153. The van der Waals surface area contributed by atoms with Crippen molar-refractivity contribution in [2.24, 2.45) is 17.6 Å². The first-order chi connectivity index (χ1) is 16.6. The van der Waals surface area contributed by atoms with Crippen LogP contribution in [-0.2, 0) is 14.4 Å². The summed E-state index contributed by atoms with van der Waals surface area (Å²) in [5, 5.41) is 16.5. The number of imide groups is 1. The number of nitrogens with one attached hydrogen (secondary N) is 2. The van der Waals surface area contributed by atoms with Crippen LogP contribution in [0.25, 0.3) is 0 Å². The number of rotatable bonds is 7. The summed E-state index contributed by atoms with van der Waals surface area (Å²) in [5.41, 5.74) is 3.73. The Kier molecular flexibility index (Phi) is 7.52. The Hall–Kier alpha value is -2.07. The van der Waals surface area contributed by atoms with Gasteiger partial charge in [-0.05, 0) is 43.4 Å². The van der Waals surface area contributed by atoms with Crippen molar-refractivity contribution in [1.29, 1.82) is 0 Å². The number of carbonyl (C=O) groups excluding carboxylic acids is 3. The number of fused-ring (bicyclic) bond motifs is 1. The molecule has 1 aliphatic carbocycles. The third kappa shape index (κ3) is 4.59. The fourth-order valence-electron chi connectivity index (χ4n) is 5.91. The normalized spacial score (nSPS) is 28.9. The lowest BCUT2D eigenvalue weighted by atomic mass is 9.77. The summed E-state index contributed by atoms with van der Waals surface area (Å²) in [4.78, 5) is 52.7. The first-order valence-corrected chi connectivity index (χ1v) is 12.8. The molecule has 2 heterocycles. The van der Waals surface area contributed by atoms with E-state index in [2.05, 4.69) is 10.6 Å². The number of primary amides is 1. The van der Waals surface area contributed by atoms with Gasteiger partial charge in [0.2, 0.25) is 11.8 Å². The van der Waals surface area contributed by atoms with Crippen LogP contribution in [0.1, 0.15) is 56.6 Å². The summed E-state index contributed by atoms with van der Waals surface area (Å²) in [7, 11) is 0. The van der Waals surface area contributed by atoms with Crippen LogP contribution in [0.3, 0.4) is 0 Å². The number of nitrogens with two attached hydrogens (primary N) is 1. The number of amides is 4. The quantitative estimate of drug-likeness (QED) is 0.235. The molecule has 9 nitrogen and oxygen atoms in total. The highest BCUT2D eigenvalue weighted by molar-refractivity contribution is 6.43. The Morgan fingerprint density at radius 3 is 2.46 bits per heavy atom. The van der Waals surface area contributed by atoms with E-state index in [1.807, 2.05) is 0 Å². The molecule has 2 saturated heterocycles. The average molecular weight is 546 g/mol. The van der Waals surface area contributed by atoms with Crippen LogP contribution in [-0.4, -0.2) is 51.9 Å². The number of urea groups is 1. The number of likely N-dealkylation sites (tertiary alicyclic amines) is 1. The van der Waals surface area contributed by atoms with Gasteiger partial charge in [-0.2, -0.15) is 0 Å². The Balaban J connectivity index is 1.78. The van der Waals surface area contributed by atoms with Crippen molar-refractivity contribution in [2.45, 2.75) is 62.6 Å². The molecule has 4 amide bonds. The monoisotopic (exact) mass is 544 g/mol. The van der Waals surface area contributed by atoms with E-state index in [-0.39, 0.29) is 40.5 Å². The molecule has 5 N–H and O–H groups in total. The predicted molar refractivity (Wildman–Crippen MR) is 130 cm³/mol. The average Bonchev–Trinajstić information content (AvgIpc) is 3.28. The van der Waals surface area contributed by atoms with E-state index in [1.54, 1.807) is 0 Å². The number of hydrogen-bond donors (Lipinski definition) is 4. The molecule has 4 rings (SSSR count). The molecule has 2 aliphatic heterocycles. The zero-order chi connectivity index (χ0) is 25.5. The summed E-state index contributed by atoms with van der Waals surface area (Å²) in [6.45, 7) is 0.117. The van der Waals surface area contributed by atoms with Gasteiger partial charge in [0, 0.05) is 23.7 Å². The van der Waals surface area contributed by atoms with Crippen molar-refractivity contribution in [2.75, 3.05) is 6.54 Å². The SMILES string of the molecule is NC(=O)NCCCC1(C(=O)O)NC(c2cc(Cl)cc(Cl)c2Cl)C2C(=O)N(C3CCCCC3)C(=O)C21. The minimum Gasteiger partial charge on any atom is -0.480 e. The van der Waals surface area contributed by atoms with Gasteiger partial charge in [0.15, 0.2) is 0 Å². The maximum absolute atomic E-state index is 13.8. The molecular formula is C23H27Cl3N4O5. The van der Waals surface area contributed by atoms with Gasteiger partial charge in [-0.3, -0.25) is 24.6 Å². The number of carbonyl (C=O) groups is 4. The van der Waals surface area contributed by atoms with Crippen LogP contribution in [0.5, 0.6) is 0 Å². The van der Waals surface area contributed by atoms with Crippen LogP contribution in [0, 0.1) is 11.8 Å². The van der Waals surface area contributed by atoms with E-state index < -0.39 is 47.2 Å². The molecule has 4 atom stereocenters. The zero-order valence-corrected chi connectivity index (χ0v) is 21.1. The maximum Gasteiger partial charge on any atom is 0.324 e. The van der Waals surface area contributed by atoms with Crippen molar-refractivity contribution < 1.29 is 24.3 Å². The summed E-state index contributed by atoms with van der Waals surface area (Å²) >= 11 is 19.0. The third-order valence-electron chi connectivity index (χ3n) is 7.41. The van der Waals surface area contributed by atoms with Gasteiger partial charge in [-0.1, -0.05) is 54.1 Å². The first kappa shape index (κ1) is 26.0. The van der Waals surface area contributed by atoms with Crippen molar-refractivity contribution in [3.05, 3.63) is 32.8 Å². The summed E-state index contributed by atoms with van der Waals surface area (Å²) < 4.78 is 0. The van der Waals surface area contributed by atoms with Gasteiger partial charge < -0.3 is 16.2 Å². The Morgan fingerprint density at radius 1 is 1.14 bits per heavy atom. The second-order valence-electron chi connectivity index (χ2n) is 9.43.